The van der Waals surface area contributed by atoms with Gasteiger partial charge in [0.2, 0.25) is 0 Å². The maximum Gasteiger partial charge on any atom is 0.0233 e. The minimum Gasteiger partial charge on any atom is -0.299 e. The van der Waals surface area contributed by atoms with Crippen molar-refractivity contribution >= 4 is 0 Å². The van der Waals surface area contributed by atoms with Crippen molar-refractivity contribution in [2.24, 2.45) is 5.92 Å². The van der Waals surface area contributed by atoms with E-state index in [4.69, 9.17) is 0 Å². The zero-order valence-corrected chi connectivity index (χ0v) is 8.24. The van der Waals surface area contributed by atoms with Crippen molar-refractivity contribution < 1.29 is 0 Å². The maximum absolute atomic E-state index is 2.54. The van der Waals surface area contributed by atoms with Crippen LogP contribution >= 0.6 is 0 Å². The first-order valence-corrected chi connectivity index (χ1v) is 5.11. The number of benzene rings is 1. The van der Waals surface area contributed by atoms with Gasteiger partial charge in [0.15, 0.2) is 0 Å². The third-order valence-corrected chi connectivity index (χ3v) is 2.76. The van der Waals surface area contributed by atoms with Crippen LogP contribution in [-0.4, -0.2) is 18.0 Å². The zero-order chi connectivity index (χ0) is 9.10. The molecule has 0 amide bonds. The third-order valence-electron chi connectivity index (χ3n) is 2.76. The lowest BCUT2D eigenvalue weighted by molar-refractivity contribution is 0.320. The Morgan fingerprint density at radius 1 is 1.31 bits per heavy atom. The Balaban J connectivity index is 1.92. The van der Waals surface area contributed by atoms with Crippen molar-refractivity contribution in [2.45, 2.75) is 19.9 Å². The fourth-order valence-corrected chi connectivity index (χ4v) is 2.01. The van der Waals surface area contributed by atoms with Crippen LogP contribution in [0.1, 0.15) is 18.9 Å². The molecule has 0 aromatic heterocycles. The van der Waals surface area contributed by atoms with Gasteiger partial charge in [0.1, 0.15) is 0 Å². The molecule has 1 aromatic rings. The Hall–Kier alpha value is -0.820. The number of hydrogen-bond donors (Lipinski definition) is 0. The summed E-state index contributed by atoms with van der Waals surface area (Å²) in [6.07, 6.45) is 1.37. The fourth-order valence-electron chi connectivity index (χ4n) is 2.01. The van der Waals surface area contributed by atoms with E-state index in [2.05, 4.69) is 42.2 Å². The predicted molar refractivity (Wildman–Crippen MR) is 55.5 cm³/mol. The molecule has 1 atom stereocenters. The maximum atomic E-state index is 2.54. The van der Waals surface area contributed by atoms with E-state index < -0.39 is 0 Å². The molecule has 1 heterocycles. The van der Waals surface area contributed by atoms with E-state index in [1.807, 2.05) is 0 Å². The molecule has 0 unspecified atom stereocenters. The minimum atomic E-state index is 0.892. The number of rotatable bonds is 2. The molecule has 2 rings (SSSR count). The van der Waals surface area contributed by atoms with Gasteiger partial charge in [-0.3, -0.25) is 4.90 Å². The van der Waals surface area contributed by atoms with E-state index in [-0.39, 0.29) is 0 Å². The molecule has 0 saturated carbocycles. The SMILES string of the molecule is C[C@H]1CCN(Cc2ccccc2)C1. The molecule has 0 bridgehead atoms. The van der Waals surface area contributed by atoms with Crippen LogP contribution in [0.15, 0.2) is 30.3 Å². The normalized spacial score (nSPS) is 23.6. The second kappa shape index (κ2) is 3.93. The highest BCUT2D eigenvalue weighted by molar-refractivity contribution is 5.14. The highest BCUT2D eigenvalue weighted by atomic mass is 15.1. The van der Waals surface area contributed by atoms with Crippen LogP contribution in [-0.2, 0) is 6.54 Å². The monoisotopic (exact) mass is 175 g/mol. The molecule has 1 heteroatoms. The number of likely N-dealkylation sites (tertiary alicyclic amines) is 1. The van der Waals surface area contributed by atoms with Crippen LogP contribution < -0.4 is 0 Å². The molecule has 1 aliphatic heterocycles. The van der Waals surface area contributed by atoms with Crippen LogP contribution in [0.2, 0.25) is 0 Å². The summed E-state index contributed by atoms with van der Waals surface area (Å²) in [7, 11) is 0. The van der Waals surface area contributed by atoms with Crippen molar-refractivity contribution in [1.82, 2.24) is 4.90 Å². The Bertz CT molecular complexity index is 255. The van der Waals surface area contributed by atoms with Gasteiger partial charge < -0.3 is 0 Å². The Kier molecular flexibility index (Phi) is 2.65. The standard InChI is InChI=1S/C12H17N/c1-11-7-8-13(9-11)10-12-5-3-2-4-6-12/h2-6,11H,7-10H2,1H3/t11-/m0/s1. The molecule has 1 aromatic carbocycles. The first kappa shape index (κ1) is 8.76. The summed E-state index contributed by atoms with van der Waals surface area (Å²) < 4.78 is 0. The van der Waals surface area contributed by atoms with Gasteiger partial charge in [-0.25, -0.2) is 0 Å². The first-order chi connectivity index (χ1) is 6.34. The van der Waals surface area contributed by atoms with E-state index in [0.717, 1.165) is 12.5 Å². The molecule has 13 heavy (non-hydrogen) atoms. The van der Waals surface area contributed by atoms with Gasteiger partial charge in [-0.15, -0.1) is 0 Å². The highest BCUT2D eigenvalue weighted by Gasteiger charge is 2.17. The van der Waals surface area contributed by atoms with Crippen LogP contribution in [0.5, 0.6) is 0 Å². The summed E-state index contributed by atoms with van der Waals surface area (Å²) in [4.78, 5) is 2.54. The van der Waals surface area contributed by atoms with Crippen LogP contribution in [0.25, 0.3) is 0 Å². The van der Waals surface area contributed by atoms with E-state index >= 15 is 0 Å². The summed E-state index contributed by atoms with van der Waals surface area (Å²) in [5.41, 5.74) is 1.44. The van der Waals surface area contributed by atoms with Gasteiger partial charge >= 0.3 is 0 Å². The molecule has 0 radical (unpaired) electrons. The Labute approximate surface area is 80.4 Å². The topological polar surface area (TPSA) is 3.24 Å². The zero-order valence-electron chi connectivity index (χ0n) is 8.24. The van der Waals surface area contributed by atoms with Gasteiger partial charge in [0.05, 0.1) is 0 Å². The summed E-state index contributed by atoms with van der Waals surface area (Å²) >= 11 is 0. The lowest BCUT2D eigenvalue weighted by Crippen LogP contribution is -2.19. The number of hydrogen-bond acceptors (Lipinski definition) is 1. The van der Waals surface area contributed by atoms with Crippen LogP contribution in [0.4, 0.5) is 0 Å². The molecular formula is C12H17N. The van der Waals surface area contributed by atoms with Crippen molar-refractivity contribution in [3.63, 3.8) is 0 Å². The summed E-state index contributed by atoms with van der Waals surface area (Å²) in [5.74, 6) is 0.892. The molecule has 0 aliphatic carbocycles. The van der Waals surface area contributed by atoms with E-state index in [0.29, 0.717) is 0 Å². The first-order valence-electron chi connectivity index (χ1n) is 5.11. The van der Waals surface area contributed by atoms with Crippen molar-refractivity contribution in [3.05, 3.63) is 35.9 Å². The average Bonchev–Trinajstić information content (AvgIpc) is 2.53. The Morgan fingerprint density at radius 3 is 2.69 bits per heavy atom. The highest BCUT2D eigenvalue weighted by Crippen LogP contribution is 2.17. The molecule has 1 aliphatic rings. The van der Waals surface area contributed by atoms with Crippen molar-refractivity contribution in [2.75, 3.05) is 13.1 Å². The lowest BCUT2D eigenvalue weighted by Gasteiger charge is -2.14. The molecular weight excluding hydrogens is 158 g/mol. The molecule has 1 saturated heterocycles. The quantitative estimate of drug-likeness (QED) is 0.667. The lowest BCUT2D eigenvalue weighted by atomic mass is 10.2. The van der Waals surface area contributed by atoms with Gasteiger partial charge in [0.25, 0.3) is 0 Å². The molecule has 1 nitrogen and oxygen atoms in total. The van der Waals surface area contributed by atoms with Gasteiger partial charge in [-0.1, -0.05) is 37.3 Å². The Morgan fingerprint density at radius 2 is 2.08 bits per heavy atom. The van der Waals surface area contributed by atoms with E-state index in [1.165, 1.54) is 25.1 Å². The van der Waals surface area contributed by atoms with Crippen molar-refractivity contribution in [3.8, 4) is 0 Å². The fraction of sp³-hybridized carbons (Fsp3) is 0.500. The van der Waals surface area contributed by atoms with E-state index in [9.17, 15) is 0 Å². The second-order valence-electron chi connectivity index (χ2n) is 4.11. The molecule has 1 fully saturated rings. The van der Waals surface area contributed by atoms with Gasteiger partial charge in [-0.05, 0) is 24.4 Å². The van der Waals surface area contributed by atoms with Gasteiger partial charge in [-0.2, -0.15) is 0 Å². The second-order valence-corrected chi connectivity index (χ2v) is 4.11. The van der Waals surface area contributed by atoms with Gasteiger partial charge in [0, 0.05) is 13.1 Å². The van der Waals surface area contributed by atoms with Crippen LogP contribution in [0.3, 0.4) is 0 Å². The summed E-state index contributed by atoms with van der Waals surface area (Å²) in [5, 5.41) is 0. The minimum absolute atomic E-state index is 0.892. The average molecular weight is 175 g/mol. The van der Waals surface area contributed by atoms with E-state index in [1.54, 1.807) is 0 Å². The summed E-state index contributed by atoms with van der Waals surface area (Å²) in [6, 6.07) is 10.7. The van der Waals surface area contributed by atoms with Crippen molar-refractivity contribution in [1.29, 1.82) is 0 Å². The summed E-state index contributed by atoms with van der Waals surface area (Å²) in [6.45, 7) is 6.02. The molecule has 0 N–H and O–H groups in total. The van der Waals surface area contributed by atoms with Crippen LogP contribution in [0, 0.1) is 5.92 Å². The predicted octanol–water partition coefficient (Wildman–Crippen LogP) is 2.53. The smallest absolute Gasteiger partial charge is 0.0233 e. The molecule has 70 valence electrons. The largest absolute Gasteiger partial charge is 0.299 e. The molecule has 0 spiro atoms. The third kappa shape index (κ3) is 2.31. The number of nitrogens with zero attached hydrogens (tertiary/aromatic N) is 1.